The van der Waals surface area contributed by atoms with Gasteiger partial charge in [0.2, 0.25) is 0 Å². The van der Waals surface area contributed by atoms with Crippen molar-refractivity contribution >= 4 is 11.9 Å². The molecule has 1 saturated heterocycles. The van der Waals surface area contributed by atoms with Crippen molar-refractivity contribution in [3.05, 3.63) is 0 Å². The molecule has 0 spiro atoms. The zero-order valence-electron chi connectivity index (χ0n) is 8.41. The number of carbonyl (C=O) groups excluding carboxylic acids is 2. The number of urea groups is 1. The van der Waals surface area contributed by atoms with E-state index in [9.17, 15) is 9.59 Å². The summed E-state index contributed by atoms with van der Waals surface area (Å²) in [7, 11) is 0. The van der Waals surface area contributed by atoms with E-state index in [1.807, 2.05) is 20.8 Å². The fraction of sp³-hybridized carbons (Fsp3) is 0.778. The molecule has 4 heteroatoms. The van der Waals surface area contributed by atoms with E-state index in [4.69, 9.17) is 0 Å². The third kappa shape index (κ3) is 1.41. The Morgan fingerprint density at radius 1 is 1.15 bits per heavy atom. The van der Waals surface area contributed by atoms with Crippen molar-refractivity contribution in [2.45, 2.75) is 33.2 Å². The Kier molecular flexibility index (Phi) is 2.90. The van der Waals surface area contributed by atoms with E-state index >= 15 is 0 Å². The van der Waals surface area contributed by atoms with Gasteiger partial charge in [0.1, 0.15) is 6.04 Å². The summed E-state index contributed by atoms with van der Waals surface area (Å²) in [6, 6.07) is -0.362. The van der Waals surface area contributed by atoms with E-state index < -0.39 is 0 Å². The Balaban J connectivity index is 2.88. The number of likely N-dealkylation sites (N-methyl/N-ethyl adjacent to an activating group) is 2. The Hall–Kier alpha value is -1.06. The van der Waals surface area contributed by atoms with Crippen LogP contribution in [0.4, 0.5) is 4.79 Å². The van der Waals surface area contributed by atoms with Gasteiger partial charge in [-0.25, -0.2) is 4.79 Å². The molecular formula is C9H16N2O2. The standard InChI is InChI=1S/C9H16N2O2/c1-4-7-8(12)11(6-3)9(13)10(7)5-2/h7H,4-6H2,1-3H3. The fourth-order valence-electron chi connectivity index (χ4n) is 1.74. The van der Waals surface area contributed by atoms with Crippen molar-refractivity contribution in [2.24, 2.45) is 0 Å². The van der Waals surface area contributed by atoms with Crippen LogP contribution in [0.1, 0.15) is 27.2 Å². The lowest BCUT2D eigenvalue weighted by Crippen LogP contribution is -2.34. The highest BCUT2D eigenvalue weighted by molar-refractivity contribution is 6.04. The molecule has 0 aromatic carbocycles. The van der Waals surface area contributed by atoms with Gasteiger partial charge >= 0.3 is 6.03 Å². The Morgan fingerprint density at radius 2 is 1.77 bits per heavy atom. The molecular weight excluding hydrogens is 168 g/mol. The number of amides is 3. The minimum absolute atomic E-state index is 0.0446. The molecule has 1 aliphatic heterocycles. The van der Waals surface area contributed by atoms with Crippen LogP contribution in [-0.2, 0) is 4.79 Å². The van der Waals surface area contributed by atoms with Crippen molar-refractivity contribution in [3.63, 3.8) is 0 Å². The molecule has 0 radical (unpaired) electrons. The van der Waals surface area contributed by atoms with Crippen molar-refractivity contribution in [2.75, 3.05) is 13.1 Å². The maximum absolute atomic E-state index is 11.6. The highest BCUT2D eigenvalue weighted by Gasteiger charge is 2.41. The lowest BCUT2D eigenvalue weighted by Gasteiger charge is -2.17. The summed E-state index contributed by atoms with van der Waals surface area (Å²) in [5, 5.41) is 0. The highest BCUT2D eigenvalue weighted by atomic mass is 16.2. The van der Waals surface area contributed by atoms with E-state index in [1.165, 1.54) is 4.90 Å². The number of imide groups is 1. The van der Waals surface area contributed by atoms with Gasteiger partial charge in [0.25, 0.3) is 5.91 Å². The van der Waals surface area contributed by atoms with Crippen LogP contribution in [0.25, 0.3) is 0 Å². The predicted octanol–water partition coefficient (Wildman–Crippen LogP) is 1.07. The Morgan fingerprint density at radius 3 is 2.08 bits per heavy atom. The molecule has 0 saturated carbocycles. The van der Waals surface area contributed by atoms with Crippen LogP contribution in [0.15, 0.2) is 0 Å². The molecule has 1 fully saturated rings. The van der Waals surface area contributed by atoms with Gasteiger partial charge in [-0.1, -0.05) is 6.92 Å². The van der Waals surface area contributed by atoms with Gasteiger partial charge in [-0.15, -0.1) is 0 Å². The lowest BCUT2D eigenvalue weighted by molar-refractivity contribution is -0.128. The maximum Gasteiger partial charge on any atom is 0.327 e. The summed E-state index contributed by atoms with van der Waals surface area (Å²) in [4.78, 5) is 26.1. The molecule has 0 bridgehead atoms. The maximum atomic E-state index is 11.6. The quantitative estimate of drug-likeness (QED) is 0.615. The number of hydrogen-bond acceptors (Lipinski definition) is 2. The molecule has 1 unspecified atom stereocenters. The second kappa shape index (κ2) is 3.77. The lowest BCUT2D eigenvalue weighted by atomic mass is 10.2. The highest BCUT2D eigenvalue weighted by Crippen LogP contribution is 2.18. The summed E-state index contributed by atoms with van der Waals surface area (Å²) in [6.45, 7) is 6.73. The first-order chi connectivity index (χ1) is 6.17. The van der Waals surface area contributed by atoms with Gasteiger partial charge < -0.3 is 4.90 Å². The summed E-state index contributed by atoms with van der Waals surface area (Å²) in [6.07, 6.45) is 0.703. The molecule has 1 atom stereocenters. The van der Waals surface area contributed by atoms with Crippen LogP contribution in [-0.4, -0.2) is 40.9 Å². The predicted molar refractivity (Wildman–Crippen MR) is 49.2 cm³/mol. The zero-order valence-corrected chi connectivity index (χ0v) is 8.41. The number of nitrogens with zero attached hydrogens (tertiary/aromatic N) is 2. The van der Waals surface area contributed by atoms with E-state index in [0.29, 0.717) is 19.5 Å². The molecule has 3 amide bonds. The normalized spacial score (nSPS) is 23.2. The van der Waals surface area contributed by atoms with Crippen molar-refractivity contribution < 1.29 is 9.59 Å². The summed E-state index contributed by atoms with van der Waals surface area (Å²) >= 11 is 0. The molecule has 0 aliphatic carbocycles. The largest absolute Gasteiger partial charge is 0.327 e. The molecule has 0 aromatic rings. The molecule has 1 aliphatic rings. The van der Waals surface area contributed by atoms with E-state index in [0.717, 1.165) is 0 Å². The molecule has 0 aromatic heterocycles. The first kappa shape index (κ1) is 10.0. The zero-order chi connectivity index (χ0) is 10.0. The van der Waals surface area contributed by atoms with Crippen molar-refractivity contribution in [3.8, 4) is 0 Å². The summed E-state index contributed by atoms with van der Waals surface area (Å²) in [5.41, 5.74) is 0. The number of rotatable bonds is 3. The van der Waals surface area contributed by atoms with Crippen molar-refractivity contribution in [1.29, 1.82) is 0 Å². The molecule has 1 rings (SSSR count). The smallest absolute Gasteiger partial charge is 0.313 e. The molecule has 74 valence electrons. The third-order valence-corrected chi connectivity index (χ3v) is 2.45. The molecule has 1 heterocycles. The SMILES string of the molecule is CCC1C(=O)N(CC)C(=O)N1CC. The molecule has 4 nitrogen and oxygen atoms in total. The summed E-state index contributed by atoms with van der Waals surface area (Å²) < 4.78 is 0. The van der Waals surface area contributed by atoms with Gasteiger partial charge in [0.15, 0.2) is 0 Å². The first-order valence-corrected chi connectivity index (χ1v) is 4.79. The molecule has 13 heavy (non-hydrogen) atoms. The van der Waals surface area contributed by atoms with E-state index in [2.05, 4.69) is 0 Å². The van der Waals surface area contributed by atoms with Gasteiger partial charge in [0, 0.05) is 13.1 Å². The Labute approximate surface area is 78.5 Å². The van der Waals surface area contributed by atoms with Gasteiger partial charge in [0.05, 0.1) is 0 Å². The fourth-order valence-corrected chi connectivity index (χ4v) is 1.74. The monoisotopic (exact) mass is 184 g/mol. The average Bonchev–Trinajstić information content (AvgIpc) is 2.36. The van der Waals surface area contributed by atoms with Crippen LogP contribution < -0.4 is 0 Å². The average molecular weight is 184 g/mol. The van der Waals surface area contributed by atoms with Crippen LogP contribution >= 0.6 is 0 Å². The van der Waals surface area contributed by atoms with Gasteiger partial charge in [-0.2, -0.15) is 0 Å². The van der Waals surface area contributed by atoms with E-state index in [1.54, 1.807) is 4.90 Å². The number of hydrogen-bond donors (Lipinski definition) is 0. The topological polar surface area (TPSA) is 40.6 Å². The molecule has 0 N–H and O–H groups in total. The minimum atomic E-state index is -0.225. The first-order valence-electron chi connectivity index (χ1n) is 4.79. The van der Waals surface area contributed by atoms with E-state index in [-0.39, 0.29) is 18.0 Å². The summed E-state index contributed by atoms with van der Waals surface area (Å²) in [5.74, 6) is -0.0446. The third-order valence-electron chi connectivity index (χ3n) is 2.45. The minimum Gasteiger partial charge on any atom is -0.313 e. The van der Waals surface area contributed by atoms with Crippen LogP contribution in [0.3, 0.4) is 0 Å². The second-order valence-electron chi connectivity index (χ2n) is 3.08. The second-order valence-corrected chi connectivity index (χ2v) is 3.08. The number of carbonyl (C=O) groups is 2. The van der Waals surface area contributed by atoms with Gasteiger partial charge in [-0.3, -0.25) is 9.69 Å². The van der Waals surface area contributed by atoms with Crippen molar-refractivity contribution in [1.82, 2.24) is 9.80 Å². The van der Waals surface area contributed by atoms with Gasteiger partial charge in [-0.05, 0) is 20.3 Å². The van der Waals surface area contributed by atoms with Crippen LogP contribution in [0, 0.1) is 0 Å². The van der Waals surface area contributed by atoms with Crippen LogP contribution in [0.5, 0.6) is 0 Å². The van der Waals surface area contributed by atoms with Crippen LogP contribution in [0.2, 0.25) is 0 Å². The Bertz CT molecular complexity index is 206.